The number of para-hydroxylation sites is 1. The summed E-state index contributed by atoms with van der Waals surface area (Å²) in [5.74, 6) is -0.484. The van der Waals surface area contributed by atoms with Gasteiger partial charge >= 0.3 is 0 Å². The van der Waals surface area contributed by atoms with Gasteiger partial charge in [-0.15, -0.1) is 0 Å². The van der Waals surface area contributed by atoms with Crippen molar-refractivity contribution in [2.45, 2.75) is 0 Å². The van der Waals surface area contributed by atoms with E-state index in [-0.39, 0.29) is 11.3 Å². The normalized spacial score (nSPS) is 10.7. The Bertz CT molecular complexity index is 1140. The first-order valence-electron chi connectivity index (χ1n) is 8.02. The number of nitrogens with zero attached hydrogens (tertiary/aromatic N) is 2. The Labute approximate surface area is 155 Å². The van der Waals surface area contributed by atoms with Gasteiger partial charge in [-0.25, -0.2) is 0 Å². The van der Waals surface area contributed by atoms with Gasteiger partial charge in [-0.2, -0.15) is 10.5 Å². The first kappa shape index (κ1) is 17.5. The summed E-state index contributed by atoms with van der Waals surface area (Å²) < 4.78 is 0. The number of hydrogen-bond acceptors (Lipinski definition) is 5. The molecule has 3 rings (SSSR count). The van der Waals surface area contributed by atoms with Crippen molar-refractivity contribution in [3.63, 3.8) is 0 Å². The highest BCUT2D eigenvalue weighted by molar-refractivity contribution is 6.07. The number of anilines is 2. The summed E-state index contributed by atoms with van der Waals surface area (Å²) in [4.78, 5) is 12.4. The van der Waals surface area contributed by atoms with Gasteiger partial charge in [0.05, 0.1) is 11.3 Å². The zero-order valence-electron chi connectivity index (χ0n) is 14.1. The monoisotopic (exact) mass is 354 g/mol. The minimum atomic E-state index is -0.629. The molecule has 0 aliphatic carbocycles. The number of carbonyl (C=O) groups is 1. The van der Waals surface area contributed by atoms with Crippen molar-refractivity contribution < 1.29 is 9.90 Å². The fourth-order valence-electron chi connectivity index (χ4n) is 2.60. The summed E-state index contributed by atoms with van der Waals surface area (Å²) in [5, 5.41) is 35.2. The fraction of sp³-hybridized carbons (Fsp3) is 0. The van der Waals surface area contributed by atoms with Crippen LogP contribution in [-0.2, 0) is 4.79 Å². The van der Waals surface area contributed by atoms with Crippen LogP contribution >= 0.6 is 0 Å². The molecule has 0 heterocycles. The maximum absolute atomic E-state index is 12.4. The Morgan fingerprint density at radius 2 is 1.63 bits per heavy atom. The fourth-order valence-corrected chi connectivity index (χ4v) is 2.60. The molecule has 6 nitrogen and oxygen atoms in total. The van der Waals surface area contributed by atoms with Gasteiger partial charge in [0, 0.05) is 22.7 Å². The molecule has 0 unspecified atom stereocenters. The molecule has 6 heteroatoms. The average molecular weight is 354 g/mol. The van der Waals surface area contributed by atoms with E-state index in [0.717, 1.165) is 5.39 Å². The second kappa shape index (κ2) is 7.73. The average Bonchev–Trinajstić information content (AvgIpc) is 2.69. The van der Waals surface area contributed by atoms with Crippen molar-refractivity contribution in [2.75, 3.05) is 10.6 Å². The Morgan fingerprint density at radius 1 is 0.926 bits per heavy atom. The minimum absolute atomic E-state index is 0.145. The van der Waals surface area contributed by atoms with Gasteiger partial charge in [-0.1, -0.05) is 36.4 Å². The van der Waals surface area contributed by atoms with E-state index in [1.165, 1.54) is 6.20 Å². The summed E-state index contributed by atoms with van der Waals surface area (Å²) >= 11 is 0. The minimum Gasteiger partial charge on any atom is -0.507 e. The molecular weight excluding hydrogens is 340 g/mol. The highest BCUT2D eigenvalue weighted by Crippen LogP contribution is 2.29. The molecule has 27 heavy (non-hydrogen) atoms. The van der Waals surface area contributed by atoms with E-state index in [1.54, 1.807) is 54.6 Å². The Balaban J connectivity index is 1.86. The van der Waals surface area contributed by atoms with Gasteiger partial charge in [0.15, 0.2) is 0 Å². The first-order chi connectivity index (χ1) is 13.1. The quantitative estimate of drug-likeness (QED) is 0.487. The van der Waals surface area contributed by atoms with E-state index in [1.807, 2.05) is 18.2 Å². The van der Waals surface area contributed by atoms with Gasteiger partial charge in [0.1, 0.15) is 23.5 Å². The van der Waals surface area contributed by atoms with Crippen LogP contribution in [0, 0.1) is 22.7 Å². The van der Waals surface area contributed by atoms with Crippen molar-refractivity contribution in [2.24, 2.45) is 0 Å². The van der Waals surface area contributed by atoms with E-state index in [2.05, 4.69) is 10.6 Å². The van der Waals surface area contributed by atoms with Crippen molar-refractivity contribution in [3.8, 4) is 17.9 Å². The topological polar surface area (TPSA) is 109 Å². The second-order valence-electron chi connectivity index (χ2n) is 5.60. The molecule has 0 spiro atoms. The standard InChI is InChI=1S/C21H14N4O2/c22-11-14-5-1-2-8-18(14)25-21(27)15(12-23)13-24-19-9-3-7-17-16(19)6-4-10-20(17)26/h1-10,13,24,26H,(H,25,27)/b15-13-. The Hall–Kier alpha value is -4.29. The molecule has 0 aliphatic heterocycles. The molecule has 0 saturated carbocycles. The zero-order chi connectivity index (χ0) is 19.2. The SMILES string of the molecule is N#C/C(=C/Nc1cccc2c(O)cccc12)C(=O)Nc1ccccc1C#N. The van der Waals surface area contributed by atoms with Crippen LogP contribution in [-0.4, -0.2) is 11.0 Å². The van der Waals surface area contributed by atoms with Crippen molar-refractivity contribution in [3.05, 3.63) is 78.0 Å². The maximum atomic E-state index is 12.4. The molecule has 0 bridgehead atoms. The van der Waals surface area contributed by atoms with Crippen LogP contribution < -0.4 is 10.6 Å². The number of fused-ring (bicyclic) bond motifs is 1. The van der Waals surface area contributed by atoms with E-state index in [9.17, 15) is 15.2 Å². The lowest BCUT2D eigenvalue weighted by Crippen LogP contribution is -2.15. The predicted octanol–water partition coefficient (Wildman–Crippen LogP) is 3.88. The molecule has 0 radical (unpaired) electrons. The number of phenolic OH excluding ortho intramolecular Hbond substituents is 1. The van der Waals surface area contributed by atoms with Crippen molar-refractivity contribution in [1.82, 2.24) is 0 Å². The van der Waals surface area contributed by atoms with Crippen LogP contribution in [0.1, 0.15) is 5.56 Å². The highest BCUT2D eigenvalue weighted by atomic mass is 16.3. The van der Waals surface area contributed by atoms with Crippen LogP contribution in [0.5, 0.6) is 5.75 Å². The largest absolute Gasteiger partial charge is 0.507 e. The van der Waals surface area contributed by atoms with Crippen molar-refractivity contribution >= 4 is 28.1 Å². The molecule has 3 aromatic rings. The van der Waals surface area contributed by atoms with E-state index < -0.39 is 5.91 Å². The Kier molecular flexibility index (Phi) is 5.02. The molecule has 3 aromatic carbocycles. The van der Waals surface area contributed by atoms with Crippen LogP contribution in [0.15, 0.2) is 72.4 Å². The summed E-state index contributed by atoms with van der Waals surface area (Å²) in [5.41, 5.74) is 1.13. The number of benzene rings is 3. The lowest BCUT2D eigenvalue weighted by molar-refractivity contribution is -0.112. The number of phenols is 1. The van der Waals surface area contributed by atoms with Gasteiger partial charge in [-0.05, 0) is 24.3 Å². The smallest absolute Gasteiger partial charge is 0.267 e. The summed E-state index contributed by atoms with van der Waals surface area (Å²) in [7, 11) is 0. The molecule has 130 valence electrons. The number of carbonyl (C=O) groups excluding carboxylic acids is 1. The number of rotatable bonds is 4. The summed E-state index contributed by atoms with van der Waals surface area (Å²) in [6.45, 7) is 0. The number of nitriles is 2. The third-order valence-electron chi connectivity index (χ3n) is 3.93. The summed E-state index contributed by atoms with van der Waals surface area (Å²) in [6, 6.07) is 20.8. The van der Waals surface area contributed by atoms with Crippen LogP contribution in [0.25, 0.3) is 10.8 Å². The van der Waals surface area contributed by atoms with Gasteiger partial charge in [0.2, 0.25) is 0 Å². The Morgan fingerprint density at radius 3 is 2.41 bits per heavy atom. The summed E-state index contributed by atoms with van der Waals surface area (Å²) in [6.07, 6.45) is 1.29. The predicted molar refractivity (Wildman–Crippen MR) is 103 cm³/mol. The number of hydrogen-bond donors (Lipinski definition) is 3. The van der Waals surface area contributed by atoms with Crippen LogP contribution in [0.4, 0.5) is 11.4 Å². The lowest BCUT2D eigenvalue weighted by atomic mass is 10.1. The third-order valence-corrected chi connectivity index (χ3v) is 3.93. The van der Waals surface area contributed by atoms with Gasteiger partial charge in [-0.3, -0.25) is 4.79 Å². The zero-order valence-corrected chi connectivity index (χ0v) is 14.1. The lowest BCUT2D eigenvalue weighted by Gasteiger charge is -2.09. The molecule has 3 N–H and O–H groups in total. The molecular formula is C21H14N4O2. The first-order valence-corrected chi connectivity index (χ1v) is 8.02. The number of amides is 1. The van der Waals surface area contributed by atoms with Crippen LogP contribution in [0.2, 0.25) is 0 Å². The maximum Gasteiger partial charge on any atom is 0.267 e. The highest BCUT2D eigenvalue weighted by Gasteiger charge is 2.12. The van der Waals surface area contributed by atoms with E-state index >= 15 is 0 Å². The molecule has 1 amide bonds. The third kappa shape index (κ3) is 3.71. The van der Waals surface area contributed by atoms with Crippen LogP contribution in [0.3, 0.4) is 0 Å². The molecule has 0 saturated heterocycles. The molecule has 0 fully saturated rings. The molecule has 0 aliphatic rings. The van der Waals surface area contributed by atoms with Gasteiger partial charge < -0.3 is 15.7 Å². The van der Waals surface area contributed by atoms with Gasteiger partial charge in [0.25, 0.3) is 5.91 Å². The number of aromatic hydroxyl groups is 1. The number of nitrogens with one attached hydrogen (secondary N) is 2. The second-order valence-corrected chi connectivity index (χ2v) is 5.60. The molecule has 0 atom stereocenters. The van der Waals surface area contributed by atoms with E-state index in [4.69, 9.17) is 5.26 Å². The van der Waals surface area contributed by atoms with Crippen molar-refractivity contribution in [1.29, 1.82) is 10.5 Å². The van der Waals surface area contributed by atoms with E-state index in [0.29, 0.717) is 22.3 Å². The molecule has 0 aromatic heterocycles.